The zero-order valence-electron chi connectivity index (χ0n) is 10.2. The van der Waals surface area contributed by atoms with Crippen molar-refractivity contribution in [1.82, 2.24) is 0 Å². The molecule has 0 heterocycles. The van der Waals surface area contributed by atoms with E-state index in [2.05, 4.69) is 13.8 Å². The van der Waals surface area contributed by atoms with E-state index < -0.39 is 0 Å². The van der Waals surface area contributed by atoms with E-state index in [0.29, 0.717) is 0 Å². The van der Waals surface area contributed by atoms with Gasteiger partial charge in [0.1, 0.15) is 0 Å². The lowest BCUT2D eigenvalue weighted by Gasteiger charge is -2.24. The molecule has 1 unspecified atom stereocenters. The standard InChI is InChI=1S/C13H20ClNO/c1-13(2,16-3)8-7-12(15)10-5-4-6-11(14)9-10/h4-6,9,12H,7-8,15H2,1-3H3. The molecule has 0 fully saturated rings. The van der Waals surface area contributed by atoms with E-state index >= 15 is 0 Å². The fourth-order valence-corrected chi connectivity index (χ4v) is 1.71. The first-order valence-electron chi connectivity index (χ1n) is 5.51. The summed E-state index contributed by atoms with van der Waals surface area (Å²) in [6.45, 7) is 4.13. The summed E-state index contributed by atoms with van der Waals surface area (Å²) in [5.74, 6) is 0. The second-order valence-electron chi connectivity index (χ2n) is 4.66. The molecule has 0 aromatic heterocycles. The summed E-state index contributed by atoms with van der Waals surface area (Å²) < 4.78 is 5.37. The molecular formula is C13H20ClNO. The predicted octanol–water partition coefficient (Wildman–Crippen LogP) is 3.55. The van der Waals surface area contributed by atoms with Crippen LogP contribution in [-0.2, 0) is 4.74 Å². The van der Waals surface area contributed by atoms with Gasteiger partial charge >= 0.3 is 0 Å². The topological polar surface area (TPSA) is 35.2 Å². The highest BCUT2D eigenvalue weighted by molar-refractivity contribution is 6.30. The number of methoxy groups -OCH3 is 1. The number of hydrogen-bond acceptors (Lipinski definition) is 2. The van der Waals surface area contributed by atoms with Gasteiger partial charge in [-0.2, -0.15) is 0 Å². The smallest absolute Gasteiger partial charge is 0.0623 e. The molecule has 0 spiro atoms. The molecule has 0 bridgehead atoms. The third kappa shape index (κ3) is 4.12. The molecule has 1 aromatic carbocycles. The van der Waals surface area contributed by atoms with Gasteiger partial charge in [0.2, 0.25) is 0 Å². The molecule has 1 atom stereocenters. The first kappa shape index (κ1) is 13.5. The average molecular weight is 242 g/mol. The van der Waals surface area contributed by atoms with Gasteiger partial charge in [-0.1, -0.05) is 23.7 Å². The van der Waals surface area contributed by atoms with Crippen LogP contribution in [0.3, 0.4) is 0 Å². The monoisotopic (exact) mass is 241 g/mol. The van der Waals surface area contributed by atoms with Crippen LogP contribution in [0.15, 0.2) is 24.3 Å². The average Bonchev–Trinajstić information content (AvgIpc) is 2.26. The van der Waals surface area contributed by atoms with E-state index in [1.165, 1.54) is 0 Å². The fraction of sp³-hybridized carbons (Fsp3) is 0.538. The summed E-state index contributed by atoms with van der Waals surface area (Å²) >= 11 is 5.93. The van der Waals surface area contributed by atoms with Crippen LogP contribution >= 0.6 is 11.6 Å². The van der Waals surface area contributed by atoms with Crippen molar-refractivity contribution in [2.24, 2.45) is 5.73 Å². The second kappa shape index (κ2) is 5.67. The molecule has 2 N–H and O–H groups in total. The fourth-order valence-electron chi connectivity index (χ4n) is 1.51. The van der Waals surface area contributed by atoms with Crippen LogP contribution in [0.25, 0.3) is 0 Å². The van der Waals surface area contributed by atoms with Crippen molar-refractivity contribution in [3.05, 3.63) is 34.9 Å². The number of ether oxygens (including phenoxy) is 1. The molecule has 0 aliphatic heterocycles. The van der Waals surface area contributed by atoms with Crippen LogP contribution in [0, 0.1) is 0 Å². The minimum atomic E-state index is -0.115. The Labute approximate surface area is 103 Å². The molecular weight excluding hydrogens is 222 g/mol. The number of nitrogens with two attached hydrogens (primary N) is 1. The molecule has 0 radical (unpaired) electrons. The number of rotatable bonds is 5. The van der Waals surface area contributed by atoms with Crippen LogP contribution < -0.4 is 5.73 Å². The van der Waals surface area contributed by atoms with E-state index in [0.717, 1.165) is 23.4 Å². The number of benzene rings is 1. The van der Waals surface area contributed by atoms with Gasteiger partial charge in [-0.05, 0) is 44.4 Å². The highest BCUT2D eigenvalue weighted by atomic mass is 35.5. The van der Waals surface area contributed by atoms with Gasteiger partial charge in [-0.15, -0.1) is 0 Å². The molecule has 1 aromatic rings. The second-order valence-corrected chi connectivity index (χ2v) is 5.10. The highest BCUT2D eigenvalue weighted by Gasteiger charge is 2.18. The maximum Gasteiger partial charge on any atom is 0.0623 e. The zero-order chi connectivity index (χ0) is 12.2. The van der Waals surface area contributed by atoms with Crippen molar-refractivity contribution in [2.75, 3.05) is 7.11 Å². The molecule has 90 valence electrons. The first-order chi connectivity index (χ1) is 7.44. The number of hydrogen-bond donors (Lipinski definition) is 1. The van der Waals surface area contributed by atoms with Gasteiger partial charge < -0.3 is 10.5 Å². The molecule has 0 saturated heterocycles. The maximum atomic E-state index is 6.11. The molecule has 2 nitrogen and oxygen atoms in total. The van der Waals surface area contributed by atoms with Crippen LogP contribution in [0.2, 0.25) is 5.02 Å². The molecule has 0 saturated carbocycles. The maximum absolute atomic E-state index is 6.11. The molecule has 0 amide bonds. The highest BCUT2D eigenvalue weighted by Crippen LogP contribution is 2.24. The van der Waals surface area contributed by atoms with E-state index in [1.54, 1.807) is 7.11 Å². The van der Waals surface area contributed by atoms with Crippen molar-refractivity contribution >= 4 is 11.6 Å². The summed E-state index contributed by atoms with van der Waals surface area (Å²) in [6, 6.07) is 7.74. The van der Waals surface area contributed by atoms with Gasteiger partial charge in [-0.3, -0.25) is 0 Å². The van der Waals surface area contributed by atoms with Crippen LogP contribution in [0.5, 0.6) is 0 Å². The first-order valence-corrected chi connectivity index (χ1v) is 5.88. The Kier molecular flexibility index (Phi) is 4.78. The summed E-state index contributed by atoms with van der Waals surface area (Å²) in [7, 11) is 1.73. The minimum Gasteiger partial charge on any atom is -0.379 e. The summed E-state index contributed by atoms with van der Waals surface area (Å²) in [5.41, 5.74) is 7.08. The van der Waals surface area contributed by atoms with Crippen LogP contribution in [0.1, 0.15) is 38.3 Å². The number of halogens is 1. The normalized spacial score (nSPS) is 13.8. The largest absolute Gasteiger partial charge is 0.379 e. The zero-order valence-corrected chi connectivity index (χ0v) is 10.9. The summed E-state index contributed by atoms with van der Waals surface area (Å²) in [6.07, 6.45) is 1.82. The van der Waals surface area contributed by atoms with E-state index in [9.17, 15) is 0 Å². The molecule has 0 aliphatic rings. The van der Waals surface area contributed by atoms with Crippen molar-refractivity contribution in [2.45, 2.75) is 38.3 Å². The summed E-state index contributed by atoms with van der Waals surface area (Å²) in [4.78, 5) is 0. The molecule has 3 heteroatoms. The molecule has 1 rings (SSSR count). The lowest BCUT2D eigenvalue weighted by Crippen LogP contribution is -2.24. The Morgan fingerprint density at radius 3 is 2.69 bits per heavy atom. The Bertz CT molecular complexity index is 338. The Morgan fingerprint density at radius 2 is 2.12 bits per heavy atom. The Morgan fingerprint density at radius 1 is 1.44 bits per heavy atom. The van der Waals surface area contributed by atoms with Crippen molar-refractivity contribution in [3.63, 3.8) is 0 Å². The van der Waals surface area contributed by atoms with Gasteiger partial charge in [0.25, 0.3) is 0 Å². The lowest BCUT2D eigenvalue weighted by molar-refractivity contribution is 0.0125. The van der Waals surface area contributed by atoms with Crippen molar-refractivity contribution in [3.8, 4) is 0 Å². The van der Waals surface area contributed by atoms with Gasteiger partial charge in [0.05, 0.1) is 5.60 Å². The Hall–Kier alpha value is -0.570. The molecule has 16 heavy (non-hydrogen) atoms. The summed E-state index contributed by atoms with van der Waals surface area (Å²) in [5, 5.41) is 0.735. The van der Waals surface area contributed by atoms with E-state index in [-0.39, 0.29) is 11.6 Å². The predicted molar refractivity (Wildman–Crippen MR) is 68.7 cm³/mol. The van der Waals surface area contributed by atoms with Gasteiger partial charge in [0, 0.05) is 18.2 Å². The third-order valence-electron chi connectivity index (χ3n) is 2.89. The Balaban J connectivity index is 2.56. The van der Waals surface area contributed by atoms with E-state index in [1.807, 2.05) is 24.3 Å². The molecule has 0 aliphatic carbocycles. The van der Waals surface area contributed by atoms with Crippen molar-refractivity contribution in [1.29, 1.82) is 0 Å². The van der Waals surface area contributed by atoms with Crippen LogP contribution in [-0.4, -0.2) is 12.7 Å². The third-order valence-corrected chi connectivity index (χ3v) is 3.12. The van der Waals surface area contributed by atoms with Gasteiger partial charge in [-0.25, -0.2) is 0 Å². The van der Waals surface area contributed by atoms with E-state index in [4.69, 9.17) is 22.1 Å². The SMILES string of the molecule is COC(C)(C)CCC(N)c1cccc(Cl)c1. The lowest BCUT2D eigenvalue weighted by atomic mass is 9.95. The quantitative estimate of drug-likeness (QED) is 0.856. The minimum absolute atomic E-state index is 0.0214. The van der Waals surface area contributed by atoms with Gasteiger partial charge in [0.15, 0.2) is 0 Å². The van der Waals surface area contributed by atoms with Crippen molar-refractivity contribution < 1.29 is 4.74 Å². The van der Waals surface area contributed by atoms with Crippen LogP contribution in [0.4, 0.5) is 0 Å².